The fraction of sp³-hybridized carbons (Fsp3) is 0.0741. The third-order valence-electron chi connectivity index (χ3n) is 5.75. The summed E-state index contributed by atoms with van der Waals surface area (Å²) in [7, 11) is -4.85. The van der Waals surface area contributed by atoms with Gasteiger partial charge >= 0.3 is 0 Å². The summed E-state index contributed by atoms with van der Waals surface area (Å²) in [5.74, 6) is 0.0716. The van der Waals surface area contributed by atoms with Crippen molar-refractivity contribution in [2.24, 2.45) is 0 Å². The molecule has 0 heterocycles. The molecule has 0 saturated carbocycles. The molecule has 0 unspecified atom stereocenters. The maximum Gasteiger partial charge on any atom is 0.264 e. The molecule has 0 atom stereocenters. The molecule has 0 aliphatic carbocycles. The summed E-state index contributed by atoms with van der Waals surface area (Å²) in [4.78, 5) is 12.8. The number of nitrogens with zero attached hydrogens (tertiary/aromatic N) is 1. The molecule has 208 valence electrons. The summed E-state index contributed by atoms with van der Waals surface area (Å²) in [6.07, 6.45) is 0. The van der Waals surface area contributed by atoms with Gasteiger partial charge in [0.1, 0.15) is 5.75 Å². The van der Waals surface area contributed by atoms with E-state index in [2.05, 4.69) is 10.0 Å². The van der Waals surface area contributed by atoms with Gasteiger partial charge in [-0.15, -0.1) is 0 Å². The van der Waals surface area contributed by atoms with Gasteiger partial charge < -0.3 is 10.1 Å². The first-order valence-electron chi connectivity index (χ1n) is 11.5. The molecule has 4 aromatic rings. The van der Waals surface area contributed by atoms with Gasteiger partial charge in [0.05, 0.1) is 28.3 Å². The number of carbonyl (C=O) groups excluding carboxylic acids is 1. The normalized spacial score (nSPS) is 11.5. The molecule has 13 heteroatoms. The van der Waals surface area contributed by atoms with Crippen LogP contribution in [0.15, 0.2) is 101 Å². The number of amides is 1. The Hall–Kier alpha value is -3.77. The zero-order valence-corrected chi connectivity index (χ0v) is 24.3. The van der Waals surface area contributed by atoms with Crippen LogP contribution in [-0.4, -0.2) is 36.9 Å². The minimum Gasteiger partial charge on any atom is -0.497 e. The lowest BCUT2D eigenvalue weighted by molar-refractivity contribution is 0.102. The van der Waals surface area contributed by atoms with E-state index < -0.39 is 26.0 Å². The maximum atomic E-state index is 13.0. The Labute approximate surface area is 242 Å². The summed E-state index contributed by atoms with van der Waals surface area (Å²) in [5.41, 5.74) is 1.20. The quantitative estimate of drug-likeness (QED) is 0.241. The summed E-state index contributed by atoms with van der Waals surface area (Å²) in [6, 6.07) is 21.9. The van der Waals surface area contributed by atoms with Gasteiger partial charge in [0, 0.05) is 28.3 Å². The predicted octanol–water partition coefficient (Wildman–Crippen LogP) is 5.88. The molecule has 0 fully saturated rings. The number of benzene rings is 4. The predicted molar refractivity (Wildman–Crippen MR) is 157 cm³/mol. The monoisotopic (exact) mass is 619 g/mol. The summed E-state index contributed by atoms with van der Waals surface area (Å²) < 4.78 is 60.0. The average molecular weight is 621 g/mol. The van der Waals surface area contributed by atoms with Crippen LogP contribution in [0.3, 0.4) is 0 Å². The molecular weight excluding hydrogens is 597 g/mol. The van der Waals surface area contributed by atoms with Gasteiger partial charge in [0.2, 0.25) is 0 Å². The molecule has 0 aliphatic rings. The minimum absolute atomic E-state index is 0.0351. The molecule has 0 radical (unpaired) electrons. The van der Waals surface area contributed by atoms with Crippen molar-refractivity contribution in [2.45, 2.75) is 9.79 Å². The highest BCUT2D eigenvalue weighted by Crippen LogP contribution is 2.26. The van der Waals surface area contributed by atoms with E-state index in [0.717, 1.165) is 4.31 Å². The van der Waals surface area contributed by atoms with Crippen LogP contribution in [0.25, 0.3) is 0 Å². The van der Waals surface area contributed by atoms with Crippen molar-refractivity contribution in [1.29, 1.82) is 0 Å². The number of carbonyl (C=O) groups is 1. The van der Waals surface area contributed by atoms with E-state index in [0.29, 0.717) is 17.1 Å². The Morgan fingerprint density at radius 1 is 0.750 bits per heavy atom. The molecule has 0 spiro atoms. The number of nitrogens with one attached hydrogen (secondary N) is 2. The second kappa shape index (κ2) is 11.8. The van der Waals surface area contributed by atoms with Crippen LogP contribution in [0.2, 0.25) is 10.0 Å². The second-order valence-corrected chi connectivity index (χ2v) is 13.0. The molecule has 0 aromatic heterocycles. The summed E-state index contributed by atoms with van der Waals surface area (Å²) in [5, 5.41) is 3.24. The average Bonchev–Trinajstić information content (AvgIpc) is 2.92. The highest BCUT2D eigenvalue weighted by atomic mass is 35.5. The summed E-state index contributed by atoms with van der Waals surface area (Å²) in [6.45, 7) is 0. The first-order chi connectivity index (χ1) is 18.9. The molecule has 9 nitrogen and oxygen atoms in total. The first-order valence-corrected chi connectivity index (χ1v) is 15.2. The fourth-order valence-corrected chi connectivity index (χ4v) is 6.38. The SMILES string of the molecule is COc1ccc(S(=O)(=O)N(C)c2ccc(C(=O)Nc3ccc(S(=O)(=O)Nc4cc(Cl)cc(Cl)c4)cc3)cc2)cc1. The van der Waals surface area contributed by atoms with E-state index in [1.54, 1.807) is 12.1 Å². The Kier molecular flexibility index (Phi) is 8.59. The number of hydrogen-bond acceptors (Lipinski definition) is 6. The van der Waals surface area contributed by atoms with Crippen LogP contribution >= 0.6 is 23.2 Å². The van der Waals surface area contributed by atoms with E-state index in [9.17, 15) is 21.6 Å². The van der Waals surface area contributed by atoms with Crippen LogP contribution in [0, 0.1) is 0 Å². The van der Waals surface area contributed by atoms with Crippen molar-refractivity contribution < 1.29 is 26.4 Å². The summed E-state index contributed by atoms with van der Waals surface area (Å²) >= 11 is 11.9. The van der Waals surface area contributed by atoms with Crippen LogP contribution in [0.4, 0.5) is 17.1 Å². The number of sulfonamides is 2. The van der Waals surface area contributed by atoms with E-state index in [1.807, 2.05) is 0 Å². The molecule has 0 aliphatic heterocycles. The van der Waals surface area contributed by atoms with Crippen LogP contribution in [0.5, 0.6) is 5.75 Å². The van der Waals surface area contributed by atoms with Gasteiger partial charge in [0.25, 0.3) is 26.0 Å². The van der Waals surface area contributed by atoms with Crippen molar-refractivity contribution in [2.75, 3.05) is 28.5 Å². The van der Waals surface area contributed by atoms with Crippen molar-refractivity contribution in [1.82, 2.24) is 0 Å². The fourth-order valence-electron chi connectivity index (χ4n) is 3.61. The van der Waals surface area contributed by atoms with Crippen molar-refractivity contribution in [3.63, 3.8) is 0 Å². The third kappa shape index (κ3) is 6.68. The lowest BCUT2D eigenvalue weighted by atomic mass is 10.2. The molecule has 40 heavy (non-hydrogen) atoms. The topological polar surface area (TPSA) is 122 Å². The van der Waals surface area contributed by atoms with Gasteiger partial charge in [-0.25, -0.2) is 16.8 Å². The Morgan fingerprint density at radius 3 is 1.85 bits per heavy atom. The zero-order valence-electron chi connectivity index (χ0n) is 21.1. The highest BCUT2D eigenvalue weighted by Gasteiger charge is 2.22. The highest BCUT2D eigenvalue weighted by molar-refractivity contribution is 7.93. The van der Waals surface area contributed by atoms with Crippen LogP contribution in [0.1, 0.15) is 10.4 Å². The lowest BCUT2D eigenvalue weighted by Gasteiger charge is -2.20. The molecule has 4 rings (SSSR count). The second-order valence-electron chi connectivity index (χ2n) is 8.44. The molecular formula is C27H23Cl2N3O6S2. The Bertz CT molecular complexity index is 1730. The van der Waals surface area contributed by atoms with Crippen LogP contribution in [-0.2, 0) is 20.0 Å². The van der Waals surface area contributed by atoms with Gasteiger partial charge in [0.15, 0.2) is 0 Å². The maximum absolute atomic E-state index is 13.0. The van der Waals surface area contributed by atoms with Gasteiger partial charge in [-0.05, 0) is 91.0 Å². The number of halogens is 2. The van der Waals surface area contributed by atoms with E-state index >= 15 is 0 Å². The molecule has 0 saturated heterocycles. The number of rotatable bonds is 9. The van der Waals surface area contributed by atoms with Crippen molar-refractivity contribution in [3.8, 4) is 5.75 Å². The van der Waals surface area contributed by atoms with E-state index in [4.69, 9.17) is 27.9 Å². The standard InChI is InChI=1S/C27H23Cl2N3O6S2/c1-32(40(36,37)26-13-9-24(38-2)10-14-26)23-7-3-18(4-8-23)27(33)30-21-5-11-25(12-6-21)39(34,35)31-22-16-19(28)15-20(29)17-22/h3-17,31H,1-2H3,(H,30,33). The molecule has 0 bridgehead atoms. The lowest BCUT2D eigenvalue weighted by Crippen LogP contribution is -2.26. The molecule has 2 N–H and O–H groups in total. The largest absolute Gasteiger partial charge is 0.497 e. The zero-order chi connectivity index (χ0) is 29.1. The third-order valence-corrected chi connectivity index (χ3v) is 9.38. The van der Waals surface area contributed by atoms with Gasteiger partial charge in [-0.3, -0.25) is 13.8 Å². The number of hydrogen-bond donors (Lipinski definition) is 2. The van der Waals surface area contributed by atoms with Gasteiger partial charge in [-0.1, -0.05) is 23.2 Å². The number of methoxy groups -OCH3 is 1. The Balaban J connectivity index is 1.42. The van der Waals surface area contributed by atoms with Crippen molar-refractivity contribution >= 4 is 66.2 Å². The minimum atomic E-state index is -3.93. The molecule has 1 amide bonds. The number of ether oxygens (including phenoxy) is 1. The van der Waals surface area contributed by atoms with Crippen LogP contribution < -0.4 is 19.1 Å². The first kappa shape index (κ1) is 29.2. The Morgan fingerprint density at radius 2 is 1.30 bits per heavy atom. The smallest absolute Gasteiger partial charge is 0.264 e. The molecule has 4 aromatic carbocycles. The van der Waals surface area contributed by atoms with Crippen molar-refractivity contribution in [3.05, 3.63) is 107 Å². The van der Waals surface area contributed by atoms with E-state index in [1.165, 1.54) is 93.0 Å². The van der Waals surface area contributed by atoms with Gasteiger partial charge in [-0.2, -0.15) is 0 Å². The van der Waals surface area contributed by atoms with E-state index in [-0.39, 0.29) is 31.1 Å². The number of anilines is 3.